The van der Waals surface area contributed by atoms with Gasteiger partial charge in [-0.2, -0.15) is 9.61 Å². The number of piperidine rings is 1. The molecule has 2 N–H and O–H groups in total. The third kappa shape index (κ3) is 6.34. The van der Waals surface area contributed by atoms with Gasteiger partial charge in [0.05, 0.1) is 29.1 Å². The second-order valence-corrected chi connectivity index (χ2v) is 12.8. The molecule has 1 atom stereocenters. The van der Waals surface area contributed by atoms with Crippen LogP contribution in [0.25, 0.3) is 28.0 Å². The Morgan fingerprint density at radius 3 is 2.43 bits per heavy atom. The maximum atomic E-state index is 12.7. The lowest BCUT2D eigenvalue weighted by molar-refractivity contribution is -0.160. The van der Waals surface area contributed by atoms with Crippen LogP contribution >= 0.6 is 0 Å². The zero-order chi connectivity index (χ0) is 31.8. The molecule has 3 heterocycles. The number of aliphatic carboxylic acids is 1. The summed E-state index contributed by atoms with van der Waals surface area (Å²) in [6, 6.07) is 15.3. The average molecular weight is 599 g/mol. The van der Waals surface area contributed by atoms with Crippen LogP contribution in [0.5, 0.6) is 5.75 Å². The predicted molar refractivity (Wildman–Crippen MR) is 172 cm³/mol. The molecule has 1 aliphatic rings. The number of nitrogens with zero attached hydrogens (tertiary/aromatic N) is 4. The minimum absolute atomic E-state index is 0.217. The number of aromatic nitrogens is 3. The first-order valence-corrected chi connectivity index (χ1v) is 15.0. The average Bonchev–Trinajstić information content (AvgIpc) is 3.38. The molecule has 1 saturated heterocycles. The Hall–Kier alpha value is -4.21. The Morgan fingerprint density at radius 1 is 1.11 bits per heavy atom. The number of fused-ring (bicyclic) bond motifs is 1. The first-order chi connectivity index (χ1) is 20.8. The summed E-state index contributed by atoms with van der Waals surface area (Å²) in [5.74, 6) is -0.206. The first-order valence-electron chi connectivity index (χ1n) is 15.0. The van der Waals surface area contributed by atoms with Crippen molar-refractivity contribution in [2.24, 2.45) is 0 Å². The molecule has 1 unspecified atom stereocenters. The minimum atomic E-state index is -1.24. The fourth-order valence-electron chi connectivity index (χ4n) is 5.91. The highest BCUT2D eigenvalue weighted by molar-refractivity contribution is 5.80. The smallest absolute Gasteiger partial charge is 0.337 e. The predicted octanol–water partition coefficient (Wildman–Crippen LogP) is 6.89. The van der Waals surface area contributed by atoms with Crippen LogP contribution in [0.15, 0.2) is 61.2 Å². The van der Waals surface area contributed by atoms with Crippen LogP contribution in [0, 0.1) is 13.8 Å². The van der Waals surface area contributed by atoms with Crippen LogP contribution in [0.2, 0.25) is 0 Å². The van der Waals surface area contributed by atoms with Crippen LogP contribution in [-0.2, 0) is 14.3 Å². The van der Waals surface area contributed by atoms with Crippen molar-refractivity contribution in [3.8, 4) is 28.1 Å². The maximum absolute atomic E-state index is 12.7. The van der Waals surface area contributed by atoms with E-state index < -0.39 is 17.7 Å². The van der Waals surface area contributed by atoms with Gasteiger partial charge < -0.3 is 24.6 Å². The van der Waals surface area contributed by atoms with E-state index in [2.05, 4.69) is 18.4 Å². The number of aromatic hydroxyl groups is 1. The van der Waals surface area contributed by atoms with Gasteiger partial charge in [0.15, 0.2) is 11.8 Å². The number of carboxylic acids is 1. The van der Waals surface area contributed by atoms with Gasteiger partial charge in [-0.25, -0.2) is 9.78 Å². The number of hydrogen-bond acceptors (Lipinski definition) is 7. The highest BCUT2D eigenvalue weighted by Gasteiger charge is 2.37. The van der Waals surface area contributed by atoms with Crippen molar-refractivity contribution in [2.75, 3.05) is 24.6 Å². The summed E-state index contributed by atoms with van der Waals surface area (Å²) < 4.78 is 14.0. The van der Waals surface area contributed by atoms with Crippen molar-refractivity contribution < 1.29 is 24.5 Å². The summed E-state index contributed by atoms with van der Waals surface area (Å²) in [7, 11) is 0. The van der Waals surface area contributed by atoms with Crippen LogP contribution in [0.1, 0.15) is 63.5 Å². The normalized spacial score (nSPS) is 15.8. The molecule has 0 bridgehead atoms. The van der Waals surface area contributed by atoms with Gasteiger partial charge in [-0.3, -0.25) is 0 Å². The number of carbonyl (C=O) groups is 1. The third-order valence-corrected chi connectivity index (χ3v) is 8.13. The SMILES string of the molecule is C=CCOC1(C)CCN(c2c(C(OC(C)(C)C)C(=O)O)c(C)nc3cc(-c4cccc(-c5c(C)cccc5O)c4)nn23)CC1. The highest BCUT2D eigenvalue weighted by Crippen LogP contribution is 2.39. The van der Waals surface area contributed by atoms with E-state index in [-0.39, 0.29) is 11.4 Å². The van der Waals surface area contributed by atoms with Crippen molar-refractivity contribution in [3.63, 3.8) is 0 Å². The van der Waals surface area contributed by atoms with E-state index in [0.717, 1.165) is 35.1 Å². The largest absolute Gasteiger partial charge is 0.507 e. The Morgan fingerprint density at radius 2 is 1.80 bits per heavy atom. The summed E-state index contributed by atoms with van der Waals surface area (Å²) in [5, 5.41) is 26.0. The maximum Gasteiger partial charge on any atom is 0.337 e. The van der Waals surface area contributed by atoms with Crippen molar-refractivity contribution in [1.82, 2.24) is 14.6 Å². The molecule has 0 aliphatic carbocycles. The van der Waals surface area contributed by atoms with Gasteiger partial charge in [0, 0.05) is 36.0 Å². The van der Waals surface area contributed by atoms with E-state index in [9.17, 15) is 15.0 Å². The number of hydrogen-bond donors (Lipinski definition) is 2. The Bertz CT molecular complexity index is 1680. The zero-order valence-corrected chi connectivity index (χ0v) is 26.4. The second-order valence-electron chi connectivity index (χ2n) is 12.8. The summed E-state index contributed by atoms with van der Waals surface area (Å²) in [4.78, 5) is 19.7. The van der Waals surface area contributed by atoms with Gasteiger partial charge >= 0.3 is 5.97 Å². The standard InChI is InChI=1S/C35H42N4O5/c1-8-19-43-35(7)15-17-38(18-16-35)32-30(31(33(41)42)44-34(4,5)6)23(3)36-28-21-26(37-39(28)32)24-12-10-13-25(20-24)29-22(2)11-9-14-27(29)40/h8-14,20-21,31,40H,1,15-19H2,2-7H3,(H,41,42). The van der Waals surface area contributed by atoms with Gasteiger partial charge in [0.1, 0.15) is 11.6 Å². The molecule has 0 radical (unpaired) electrons. The van der Waals surface area contributed by atoms with Crippen molar-refractivity contribution in [3.05, 3.63) is 78.0 Å². The highest BCUT2D eigenvalue weighted by atomic mass is 16.5. The Labute approximate surface area is 258 Å². The lowest BCUT2D eigenvalue weighted by Gasteiger charge is -2.41. The number of rotatable bonds is 9. The summed E-state index contributed by atoms with van der Waals surface area (Å²) in [6.45, 7) is 17.0. The molecule has 9 heteroatoms. The van der Waals surface area contributed by atoms with Crippen LogP contribution in [0.3, 0.4) is 0 Å². The van der Waals surface area contributed by atoms with E-state index in [1.165, 1.54) is 0 Å². The lowest BCUT2D eigenvalue weighted by atomic mass is 9.92. The van der Waals surface area contributed by atoms with Gasteiger partial charge in [-0.05, 0) is 77.6 Å². The Kier molecular flexibility index (Phi) is 8.55. The van der Waals surface area contributed by atoms with Gasteiger partial charge in [-0.1, -0.05) is 36.4 Å². The van der Waals surface area contributed by atoms with Crippen molar-refractivity contribution in [2.45, 2.75) is 71.7 Å². The van der Waals surface area contributed by atoms with Crippen molar-refractivity contribution in [1.29, 1.82) is 0 Å². The number of aryl methyl sites for hydroxylation is 2. The summed E-state index contributed by atoms with van der Waals surface area (Å²) >= 11 is 0. The number of phenols is 1. The minimum Gasteiger partial charge on any atom is -0.507 e. The molecule has 44 heavy (non-hydrogen) atoms. The molecular formula is C35H42N4O5. The van der Waals surface area contributed by atoms with Gasteiger partial charge in [0.2, 0.25) is 0 Å². The molecule has 1 fully saturated rings. The van der Waals surface area contributed by atoms with Crippen LogP contribution in [0.4, 0.5) is 5.82 Å². The topological polar surface area (TPSA) is 109 Å². The molecule has 2 aromatic carbocycles. The third-order valence-electron chi connectivity index (χ3n) is 8.13. The molecule has 0 saturated carbocycles. The summed E-state index contributed by atoms with van der Waals surface area (Å²) in [6.07, 6.45) is 2.01. The lowest BCUT2D eigenvalue weighted by Crippen LogP contribution is -2.45. The fraction of sp³-hybridized carbons (Fsp3) is 0.400. The van der Waals surface area contributed by atoms with E-state index in [4.69, 9.17) is 19.6 Å². The quantitative estimate of drug-likeness (QED) is 0.201. The van der Waals surface area contributed by atoms with Crippen LogP contribution in [-0.4, -0.2) is 61.7 Å². The van der Waals surface area contributed by atoms with E-state index in [1.54, 1.807) is 16.7 Å². The number of ether oxygens (including phenoxy) is 2. The van der Waals surface area contributed by atoms with Gasteiger partial charge in [0.25, 0.3) is 0 Å². The van der Waals surface area contributed by atoms with Crippen molar-refractivity contribution >= 4 is 17.4 Å². The molecule has 232 valence electrons. The molecule has 9 nitrogen and oxygen atoms in total. The number of anilines is 1. The number of benzene rings is 2. The van der Waals surface area contributed by atoms with Crippen LogP contribution < -0.4 is 4.90 Å². The molecule has 0 amide bonds. The summed E-state index contributed by atoms with van der Waals surface area (Å²) in [5.41, 5.74) is 4.80. The molecule has 5 rings (SSSR count). The molecule has 2 aromatic heterocycles. The number of carboxylic acid groups (broad SMARTS) is 1. The Balaban J connectivity index is 1.66. The first kappa shape index (κ1) is 31.2. The fourth-order valence-corrected chi connectivity index (χ4v) is 5.91. The molecule has 1 aliphatic heterocycles. The van der Waals surface area contributed by atoms with E-state index in [0.29, 0.717) is 48.1 Å². The molecule has 0 spiro atoms. The van der Waals surface area contributed by atoms with Gasteiger partial charge in [-0.15, -0.1) is 6.58 Å². The van der Waals surface area contributed by atoms with E-state index >= 15 is 0 Å². The molecular weight excluding hydrogens is 556 g/mol. The molecule has 4 aromatic rings. The number of phenolic OH excluding ortho intramolecular Hbond substituents is 1. The monoisotopic (exact) mass is 598 g/mol. The van der Waals surface area contributed by atoms with E-state index in [1.807, 2.05) is 77.1 Å². The zero-order valence-electron chi connectivity index (χ0n) is 26.4. The second kappa shape index (κ2) is 12.1.